The molecule has 0 aliphatic carbocycles. The summed E-state index contributed by atoms with van der Waals surface area (Å²) in [5.41, 5.74) is 5.59. The van der Waals surface area contributed by atoms with Crippen LogP contribution in [-0.4, -0.2) is 11.7 Å². The Bertz CT molecular complexity index is 1040. The summed E-state index contributed by atoms with van der Waals surface area (Å²) in [5, 5.41) is 0. The summed E-state index contributed by atoms with van der Waals surface area (Å²) in [6.45, 7) is 0. The third kappa shape index (κ3) is 2.59. The molecule has 0 unspecified atom stereocenters. The van der Waals surface area contributed by atoms with Gasteiger partial charge in [-0.1, -0.05) is 78.9 Å². The van der Waals surface area contributed by atoms with E-state index in [1.165, 1.54) is 5.56 Å². The first kappa shape index (κ1) is 15.8. The van der Waals surface area contributed by atoms with Gasteiger partial charge in [0.25, 0.3) is 5.91 Å². The smallest absolute Gasteiger partial charge is 0.266 e. The molecule has 3 aromatic carbocycles. The molecular weight excluding hydrogens is 332 g/mol. The third-order valence-corrected chi connectivity index (χ3v) is 5.12. The molecule has 27 heavy (non-hydrogen) atoms. The highest BCUT2D eigenvalue weighted by atomic mass is 16.2. The van der Waals surface area contributed by atoms with Crippen molar-refractivity contribution in [2.75, 3.05) is 4.90 Å². The molecule has 0 fully saturated rings. The van der Waals surface area contributed by atoms with E-state index in [0.717, 1.165) is 41.1 Å². The number of aliphatic imine (C=N–C) groups is 1. The maximum atomic E-state index is 13.4. The van der Waals surface area contributed by atoms with Gasteiger partial charge in [0, 0.05) is 12.0 Å². The molecule has 5 rings (SSSR count). The van der Waals surface area contributed by atoms with Crippen LogP contribution in [0.3, 0.4) is 0 Å². The fourth-order valence-corrected chi connectivity index (χ4v) is 3.87. The molecule has 0 bridgehead atoms. The number of nitrogens with zero attached hydrogens (tertiary/aromatic N) is 2. The van der Waals surface area contributed by atoms with Gasteiger partial charge in [0.2, 0.25) is 0 Å². The molecule has 0 spiro atoms. The van der Waals surface area contributed by atoms with Crippen LogP contribution in [0.25, 0.3) is 5.57 Å². The Balaban J connectivity index is 1.72. The quantitative estimate of drug-likeness (QED) is 0.609. The molecule has 3 heteroatoms. The lowest BCUT2D eigenvalue weighted by Gasteiger charge is -2.26. The molecule has 3 nitrogen and oxygen atoms in total. The molecule has 0 atom stereocenters. The Morgan fingerprint density at radius 2 is 1.33 bits per heavy atom. The van der Waals surface area contributed by atoms with Crippen molar-refractivity contribution >= 4 is 23.0 Å². The lowest BCUT2D eigenvalue weighted by molar-refractivity contribution is -0.113. The van der Waals surface area contributed by atoms with Crippen LogP contribution in [0.4, 0.5) is 5.69 Å². The second kappa shape index (κ2) is 6.36. The van der Waals surface area contributed by atoms with Crippen LogP contribution >= 0.6 is 0 Å². The molecule has 0 aromatic heterocycles. The predicted octanol–water partition coefficient (Wildman–Crippen LogP) is 4.84. The number of aryl methyl sites for hydroxylation is 1. The van der Waals surface area contributed by atoms with E-state index in [9.17, 15) is 4.79 Å². The summed E-state index contributed by atoms with van der Waals surface area (Å²) >= 11 is 0. The number of amidine groups is 1. The highest BCUT2D eigenvalue weighted by Gasteiger charge is 2.37. The van der Waals surface area contributed by atoms with Gasteiger partial charge in [-0.25, -0.2) is 4.99 Å². The minimum absolute atomic E-state index is 0.0418. The van der Waals surface area contributed by atoms with Crippen LogP contribution in [0.2, 0.25) is 0 Å². The zero-order valence-corrected chi connectivity index (χ0v) is 14.8. The van der Waals surface area contributed by atoms with Gasteiger partial charge >= 0.3 is 0 Å². The van der Waals surface area contributed by atoms with Crippen LogP contribution in [0.15, 0.2) is 95.6 Å². The van der Waals surface area contributed by atoms with E-state index in [4.69, 9.17) is 4.99 Å². The summed E-state index contributed by atoms with van der Waals surface area (Å²) < 4.78 is 0. The van der Waals surface area contributed by atoms with Gasteiger partial charge in [-0.2, -0.15) is 0 Å². The Morgan fingerprint density at radius 3 is 2.00 bits per heavy atom. The molecule has 130 valence electrons. The number of rotatable bonds is 2. The Labute approximate surface area is 158 Å². The topological polar surface area (TPSA) is 32.7 Å². The number of carbonyl (C=O) groups is 1. The molecule has 0 saturated heterocycles. The van der Waals surface area contributed by atoms with Gasteiger partial charge in [0.15, 0.2) is 0 Å². The molecule has 2 heterocycles. The lowest BCUT2D eigenvalue weighted by Crippen LogP contribution is -2.36. The SMILES string of the molecule is O=C1C(=C(c2ccccc2)c2ccccc2)N=C2CCc3ccccc3N12. The minimum atomic E-state index is -0.0418. The van der Waals surface area contributed by atoms with Crippen LogP contribution in [0.5, 0.6) is 0 Å². The van der Waals surface area contributed by atoms with Gasteiger partial charge in [-0.15, -0.1) is 0 Å². The molecule has 2 aliphatic heterocycles. The van der Waals surface area contributed by atoms with Crippen LogP contribution in [0.1, 0.15) is 23.1 Å². The number of fused-ring (bicyclic) bond motifs is 3. The van der Waals surface area contributed by atoms with Crippen molar-refractivity contribution in [1.29, 1.82) is 0 Å². The normalized spacial score (nSPS) is 15.3. The molecule has 3 aromatic rings. The maximum absolute atomic E-state index is 13.4. The highest BCUT2D eigenvalue weighted by Crippen LogP contribution is 2.37. The zero-order chi connectivity index (χ0) is 18.2. The van der Waals surface area contributed by atoms with Crippen molar-refractivity contribution in [3.05, 3.63) is 107 Å². The number of para-hydroxylation sites is 1. The molecule has 0 N–H and O–H groups in total. The van der Waals surface area contributed by atoms with E-state index in [1.54, 1.807) is 4.90 Å². The van der Waals surface area contributed by atoms with Gasteiger partial charge in [-0.3, -0.25) is 9.69 Å². The number of hydrogen-bond acceptors (Lipinski definition) is 2. The summed E-state index contributed by atoms with van der Waals surface area (Å²) in [4.78, 5) is 20.1. The zero-order valence-electron chi connectivity index (χ0n) is 14.8. The van der Waals surface area contributed by atoms with Crippen molar-refractivity contribution in [1.82, 2.24) is 0 Å². The van der Waals surface area contributed by atoms with Crippen molar-refractivity contribution in [3.63, 3.8) is 0 Å². The standard InChI is InChI=1S/C24H18N2O/c27-24-23(25-21-16-15-17-9-7-8-14-20(17)26(21)24)22(18-10-3-1-4-11-18)19-12-5-2-6-13-19/h1-14H,15-16H2. The van der Waals surface area contributed by atoms with Crippen LogP contribution < -0.4 is 4.90 Å². The van der Waals surface area contributed by atoms with Gasteiger partial charge in [-0.05, 0) is 29.2 Å². The average molecular weight is 350 g/mol. The number of anilines is 1. The monoisotopic (exact) mass is 350 g/mol. The van der Waals surface area contributed by atoms with Crippen molar-refractivity contribution in [2.24, 2.45) is 4.99 Å². The molecule has 0 saturated carbocycles. The van der Waals surface area contributed by atoms with E-state index >= 15 is 0 Å². The molecular formula is C24H18N2O. The largest absolute Gasteiger partial charge is 0.283 e. The first-order valence-corrected chi connectivity index (χ1v) is 9.18. The highest BCUT2D eigenvalue weighted by molar-refractivity contribution is 6.31. The summed E-state index contributed by atoms with van der Waals surface area (Å²) in [7, 11) is 0. The van der Waals surface area contributed by atoms with Gasteiger partial charge < -0.3 is 0 Å². The molecule has 0 radical (unpaired) electrons. The predicted molar refractivity (Wildman–Crippen MR) is 109 cm³/mol. The van der Waals surface area contributed by atoms with Crippen LogP contribution in [0, 0.1) is 0 Å². The molecule has 1 amide bonds. The number of carbonyl (C=O) groups excluding carboxylic acids is 1. The first-order valence-electron chi connectivity index (χ1n) is 9.18. The van der Waals surface area contributed by atoms with E-state index in [0.29, 0.717) is 5.70 Å². The summed E-state index contributed by atoms with van der Waals surface area (Å²) in [5.74, 6) is 0.804. The number of amides is 1. The second-order valence-corrected chi connectivity index (χ2v) is 6.75. The van der Waals surface area contributed by atoms with E-state index in [1.807, 2.05) is 78.9 Å². The van der Waals surface area contributed by atoms with Gasteiger partial charge in [0.1, 0.15) is 11.5 Å². The van der Waals surface area contributed by atoms with Crippen molar-refractivity contribution < 1.29 is 4.79 Å². The Kier molecular flexibility index (Phi) is 3.72. The van der Waals surface area contributed by atoms with Crippen molar-refractivity contribution in [2.45, 2.75) is 12.8 Å². The van der Waals surface area contributed by atoms with Gasteiger partial charge in [0.05, 0.1) is 5.69 Å². The molecule has 2 aliphatic rings. The second-order valence-electron chi connectivity index (χ2n) is 6.75. The fraction of sp³-hybridized carbons (Fsp3) is 0.0833. The average Bonchev–Trinajstić information content (AvgIpc) is 3.07. The number of hydrogen-bond donors (Lipinski definition) is 0. The Morgan fingerprint density at radius 1 is 0.741 bits per heavy atom. The first-order chi connectivity index (χ1) is 13.3. The van der Waals surface area contributed by atoms with Crippen molar-refractivity contribution in [3.8, 4) is 0 Å². The third-order valence-electron chi connectivity index (χ3n) is 5.12. The lowest BCUT2D eigenvalue weighted by atomic mass is 9.95. The van der Waals surface area contributed by atoms with E-state index in [2.05, 4.69) is 6.07 Å². The minimum Gasteiger partial charge on any atom is -0.266 e. The number of benzene rings is 3. The fourth-order valence-electron chi connectivity index (χ4n) is 3.87. The Hall–Kier alpha value is -3.46. The van der Waals surface area contributed by atoms with E-state index in [-0.39, 0.29) is 5.91 Å². The van der Waals surface area contributed by atoms with Crippen LogP contribution in [-0.2, 0) is 11.2 Å². The summed E-state index contributed by atoms with van der Waals surface area (Å²) in [6, 6.07) is 28.2. The summed E-state index contributed by atoms with van der Waals surface area (Å²) in [6.07, 6.45) is 1.70. The maximum Gasteiger partial charge on any atom is 0.283 e. The van der Waals surface area contributed by atoms with E-state index < -0.39 is 0 Å².